The first-order valence-electron chi connectivity index (χ1n) is 6.51. The summed E-state index contributed by atoms with van der Waals surface area (Å²) in [5.74, 6) is 0. The highest BCUT2D eigenvalue weighted by molar-refractivity contribution is 6.30. The predicted octanol–water partition coefficient (Wildman–Crippen LogP) is 2.58. The summed E-state index contributed by atoms with van der Waals surface area (Å²) in [5.41, 5.74) is 1.87. The number of pyridine rings is 1. The molecule has 0 saturated carbocycles. The van der Waals surface area contributed by atoms with Crippen LogP contribution in [0.15, 0.2) is 24.5 Å². The summed E-state index contributed by atoms with van der Waals surface area (Å²) in [6.07, 6.45) is 3.49. The van der Waals surface area contributed by atoms with E-state index in [2.05, 4.69) is 23.7 Å². The molecule has 2 rings (SSSR count). The van der Waals surface area contributed by atoms with Gasteiger partial charge in [-0.15, -0.1) is 0 Å². The molecule has 0 spiro atoms. The molecule has 0 bridgehead atoms. The van der Waals surface area contributed by atoms with E-state index >= 15 is 0 Å². The predicted molar refractivity (Wildman–Crippen MR) is 77.4 cm³/mol. The second kappa shape index (κ2) is 5.90. The molecule has 0 fully saturated rings. The molecule has 2 aromatic rings. The van der Waals surface area contributed by atoms with Crippen LogP contribution in [-0.2, 0) is 6.54 Å². The van der Waals surface area contributed by atoms with Crippen LogP contribution in [0.5, 0.6) is 0 Å². The van der Waals surface area contributed by atoms with Crippen molar-refractivity contribution in [1.82, 2.24) is 14.3 Å². The van der Waals surface area contributed by atoms with E-state index < -0.39 is 0 Å². The van der Waals surface area contributed by atoms with Crippen molar-refractivity contribution in [2.24, 2.45) is 0 Å². The molecular formula is C14H20ClN3O. The van der Waals surface area contributed by atoms with Crippen molar-refractivity contribution in [3.63, 3.8) is 0 Å². The maximum atomic E-state index is 9.54. The fourth-order valence-corrected chi connectivity index (χ4v) is 2.27. The molecule has 4 nitrogen and oxygen atoms in total. The molecule has 1 atom stereocenters. The number of aliphatic hydroxyl groups excluding tert-OH is 1. The van der Waals surface area contributed by atoms with Crippen molar-refractivity contribution in [3.8, 4) is 0 Å². The van der Waals surface area contributed by atoms with Gasteiger partial charge in [-0.2, -0.15) is 0 Å². The summed E-state index contributed by atoms with van der Waals surface area (Å²) in [6, 6.07) is 4.10. The Morgan fingerprint density at radius 1 is 1.32 bits per heavy atom. The monoisotopic (exact) mass is 281 g/mol. The molecule has 2 heterocycles. The standard InChI is InChI=1S/C14H20ClN3O/c1-10(2)17(6-11(3)19)8-13-9-18-7-12(15)4-5-14(18)16-13/h4-5,7,9-11,19H,6,8H2,1-3H3. The molecule has 19 heavy (non-hydrogen) atoms. The normalized spacial score (nSPS) is 13.6. The minimum atomic E-state index is -0.339. The second-order valence-electron chi connectivity index (χ2n) is 5.22. The molecular weight excluding hydrogens is 262 g/mol. The first-order valence-corrected chi connectivity index (χ1v) is 6.88. The van der Waals surface area contributed by atoms with Gasteiger partial charge in [0.15, 0.2) is 0 Å². The van der Waals surface area contributed by atoms with E-state index in [0.717, 1.165) is 17.9 Å². The topological polar surface area (TPSA) is 40.8 Å². The van der Waals surface area contributed by atoms with E-state index in [1.54, 1.807) is 6.92 Å². The molecule has 2 aromatic heterocycles. The van der Waals surface area contributed by atoms with Crippen LogP contribution < -0.4 is 0 Å². The Kier molecular flexibility index (Phi) is 4.45. The Morgan fingerprint density at radius 3 is 2.68 bits per heavy atom. The van der Waals surface area contributed by atoms with Gasteiger partial charge in [-0.25, -0.2) is 4.98 Å². The van der Waals surface area contributed by atoms with Crippen LogP contribution >= 0.6 is 11.6 Å². The average Bonchev–Trinajstić information content (AvgIpc) is 2.68. The van der Waals surface area contributed by atoms with Gasteiger partial charge in [-0.1, -0.05) is 11.6 Å². The highest BCUT2D eigenvalue weighted by atomic mass is 35.5. The molecule has 5 heteroatoms. The lowest BCUT2D eigenvalue weighted by molar-refractivity contribution is 0.102. The zero-order valence-corrected chi connectivity index (χ0v) is 12.3. The Labute approximate surface area is 118 Å². The number of hydrogen-bond donors (Lipinski definition) is 1. The van der Waals surface area contributed by atoms with E-state index in [1.165, 1.54) is 0 Å². The van der Waals surface area contributed by atoms with Crippen LogP contribution in [0.25, 0.3) is 5.65 Å². The largest absolute Gasteiger partial charge is 0.392 e. The molecule has 1 N–H and O–H groups in total. The van der Waals surface area contributed by atoms with E-state index in [0.29, 0.717) is 17.6 Å². The summed E-state index contributed by atoms with van der Waals surface area (Å²) >= 11 is 5.96. The second-order valence-corrected chi connectivity index (χ2v) is 5.65. The van der Waals surface area contributed by atoms with Gasteiger partial charge < -0.3 is 9.51 Å². The lowest BCUT2D eigenvalue weighted by Crippen LogP contribution is -2.36. The van der Waals surface area contributed by atoms with Crippen LogP contribution in [0.4, 0.5) is 0 Å². The SMILES string of the molecule is CC(O)CN(Cc1cn2cc(Cl)ccc2n1)C(C)C. The molecule has 0 radical (unpaired) electrons. The van der Waals surface area contributed by atoms with Crippen molar-refractivity contribution < 1.29 is 5.11 Å². The third kappa shape index (κ3) is 3.69. The van der Waals surface area contributed by atoms with Crippen LogP contribution in [0.1, 0.15) is 26.5 Å². The smallest absolute Gasteiger partial charge is 0.137 e. The first kappa shape index (κ1) is 14.3. The Morgan fingerprint density at radius 2 is 2.05 bits per heavy atom. The first-order chi connectivity index (χ1) is 8.95. The molecule has 0 saturated heterocycles. The molecule has 0 aliphatic heterocycles. The van der Waals surface area contributed by atoms with Gasteiger partial charge in [0.25, 0.3) is 0 Å². The summed E-state index contributed by atoms with van der Waals surface area (Å²) in [4.78, 5) is 6.77. The molecule has 104 valence electrons. The van der Waals surface area contributed by atoms with E-state index in [1.807, 2.05) is 28.9 Å². The fourth-order valence-electron chi connectivity index (χ4n) is 2.10. The summed E-state index contributed by atoms with van der Waals surface area (Å²) in [5, 5.41) is 10.2. The van der Waals surface area contributed by atoms with Gasteiger partial charge in [0.1, 0.15) is 5.65 Å². The van der Waals surface area contributed by atoms with Crippen LogP contribution in [0.2, 0.25) is 5.02 Å². The maximum absolute atomic E-state index is 9.54. The van der Waals surface area contributed by atoms with E-state index in [4.69, 9.17) is 11.6 Å². The zero-order valence-electron chi connectivity index (χ0n) is 11.5. The molecule has 0 amide bonds. The molecule has 1 unspecified atom stereocenters. The lowest BCUT2D eigenvalue weighted by atomic mass is 10.2. The Bertz CT molecular complexity index is 551. The van der Waals surface area contributed by atoms with Gasteiger partial charge in [0.05, 0.1) is 16.8 Å². The minimum absolute atomic E-state index is 0.339. The summed E-state index contributed by atoms with van der Waals surface area (Å²) in [6.45, 7) is 7.41. The van der Waals surface area contributed by atoms with Gasteiger partial charge in [-0.05, 0) is 32.9 Å². The number of nitrogens with zero attached hydrogens (tertiary/aromatic N) is 3. The van der Waals surface area contributed by atoms with Crippen LogP contribution in [-0.4, -0.2) is 38.1 Å². The van der Waals surface area contributed by atoms with Crippen LogP contribution in [0.3, 0.4) is 0 Å². The number of halogens is 1. The summed E-state index contributed by atoms with van der Waals surface area (Å²) in [7, 11) is 0. The van der Waals surface area contributed by atoms with Gasteiger partial charge in [0, 0.05) is 31.5 Å². The quantitative estimate of drug-likeness (QED) is 0.916. The number of imidazole rings is 1. The maximum Gasteiger partial charge on any atom is 0.137 e. The number of rotatable bonds is 5. The van der Waals surface area contributed by atoms with Gasteiger partial charge >= 0.3 is 0 Å². The van der Waals surface area contributed by atoms with Crippen molar-refractivity contribution in [1.29, 1.82) is 0 Å². The summed E-state index contributed by atoms with van der Waals surface area (Å²) < 4.78 is 1.93. The fraction of sp³-hybridized carbons (Fsp3) is 0.500. The molecule has 0 aliphatic carbocycles. The lowest BCUT2D eigenvalue weighted by Gasteiger charge is -2.26. The number of hydrogen-bond acceptors (Lipinski definition) is 3. The highest BCUT2D eigenvalue weighted by Gasteiger charge is 2.14. The molecule has 0 aliphatic rings. The van der Waals surface area contributed by atoms with E-state index in [9.17, 15) is 5.11 Å². The third-order valence-corrected chi connectivity index (χ3v) is 3.28. The number of aromatic nitrogens is 2. The Hall–Kier alpha value is -1.10. The van der Waals surface area contributed by atoms with Gasteiger partial charge in [0.2, 0.25) is 0 Å². The third-order valence-electron chi connectivity index (χ3n) is 3.06. The van der Waals surface area contributed by atoms with Gasteiger partial charge in [-0.3, -0.25) is 4.90 Å². The van der Waals surface area contributed by atoms with Crippen molar-refractivity contribution >= 4 is 17.2 Å². The number of fused-ring (bicyclic) bond motifs is 1. The van der Waals surface area contributed by atoms with Crippen LogP contribution in [0, 0.1) is 0 Å². The number of aliphatic hydroxyl groups is 1. The highest BCUT2D eigenvalue weighted by Crippen LogP contribution is 2.14. The van der Waals surface area contributed by atoms with Crippen molar-refractivity contribution in [2.75, 3.05) is 6.54 Å². The minimum Gasteiger partial charge on any atom is -0.392 e. The van der Waals surface area contributed by atoms with Crippen molar-refractivity contribution in [2.45, 2.75) is 39.5 Å². The average molecular weight is 282 g/mol. The zero-order chi connectivity index (χ0) is 14.0. The van der Waals surface area contributed by atoms with Crippen molar-refractivity contribution in [3.05, 3.63) is 35.2 Å². The molecule has 0 aromatic carbocycles. The van der Waals surface area contributed by atoms with E-state index in [-0.39, 0.29) is 6.10 Å². The Balaban J connectivity index is 2.19.